The molecule has 4 heterocycles. The summed E-state index contributed by atoms with van der Waals surface area (Å²) >= 11 is 0. The molecule has 6 aromatic rings. The van der Waals surface area contributed by atoms with Gasteiger partial charge in [0.25, 0.3) is 11.8 Å². The highest BCUT2D eigenvalue weighted by Crippen LogP contribution is 2.29. The van der Waals surface area contributed by atoms with E-state index in [1.54, 1.807) is 36.4 Å². The van der Waals surface area contributed by atoms with Crippen LogP contribution in [0, 0.1) is 0 Å². The lowest BCUT2D eigenvalue weighted by atomic mass is 9.98. The Balaban J connectivity index is 0.924. The molecule has 2 aromatic heterocycles. The van der Waals surface area contributed by atoms with Gasteiger partial charge < -0.3 is 35.6 Å². The zero-order valence-corrected chi connectivity index (χ0v) is 35.6. The second-order valence-electron chi connectivity index (χ2n) is 15.8. The molecule has 0 bridgehead atoms. The van der Waals surface area contributed by atoms with Crippen LogP contribution < -0.4 is 26.6 Å². The topological polar surface area (TPSA) is 242 Å². The maximum absolute atomic E-state index is 13.4. The molecule has 0 spiro atoms. The highest BCUT2D eigenvalue weighted by atomic mass is 16.5. The maximum atomic E-state index is 13.4. The number of hydrogen-bond donors (Lipinski definition) is 7. The van der Waals surface area contributed by atoms with Crippen LogP contribution in [0.5, 0.6) is 11.5 Å². The Morgan fingerprint density at radius 1 is 0.692 bits per heavy atom. The molecule has 16 heteroatoms. The quantitative estimate of drug-likeness (QED) is 0.0390. The van der Waals surface area contributed by atoms with Crippen molar-refractivity contribution in [2.75, 3.05) is 7.11 Å². The average Bonchev–Trinajstić information content (AvgIpc) is 4.05. The summed E-state index contributed by atoms with van der Waals surface area (Å²) in [6.45, 7) is 1.33. The zero-order chi connectivity index (χ0) is 45.6. The van der Waals surface area contributed by atoms with Crippen LogP contribution in [0.4, 0.5) is 0 Å². The van der Waals surface area contributed by atoms with Gasteiger partial charge in [-0.2, -0.15) is 10.2 Å². The number of aryl methyl sites for hydroxylation is 2. The molecule has 0 aliphatic carbocycles. The number of benzene rings is 4. The first-order valence-corrected chi connectivity index (χ1v) is 21.0. The fourth-order valence-electron chi connectivity index (χ4n) is 8.03. The van der Waals surface area contributed by atoms with Crippen molar-refractivity contribution in [1.29, 1.82) is 0 Å². The van der Waals surface area contributed by atoms with Crippen molar-refractivity contribution in [3.8, 4) is 11.5 Å². The highest BCUT2D eigenvalue weighted by molar-refractivity contribution is 6.28. The normalized spacial score (nSPS) is 15.7. The highest BCUT2D eigenvalue weighted by Gasteiger charge is 2.28. The molecule has 0 saturated heterocycles. The van der Waals surface area contributed by atoms with Gasteiger partial charge in [-0.25, -0.2) is 20.4 Å². The van der Waals surface area contributed by atoms with E-state index in [1.807, 2.05) is 72.8 Å². The Labute approximate surface area is 372 Å². The van der Waals surface area contributed by atoms with E-state index in [1.165, 1.54) is 14.0 Å². The number of esters is 2. The molecular weight excluding hydrogens is 829 g/mol. The SMILES string of the molecule is COC(=O)C(Cc1c(C=C2C(=O)NN=C2CCc2ccc(OC(=O)C(N)Cc3c(C=C4C(=O)NN=C4CCc4ccc(O)cc4)[nH]c4ccccc34)cc2)[nH]c2ccccc12)NC(C)=O. The van der Waals surface area contributed by atoms with Crippen LogP contribution in [-0.4, -0.2) is 75.4 Å². The first kappa shape index (κ1) is 43.5. The predicted molar refractivity (Wildman–Crippen MR) is 246 cm³/mol. The number of para-hydroxylation sites is 2. The number of methoxy groups -OCH3 is 1. The summed E-state index contributed by atoms with van der Waals surface area (Å²) in [7, 11) is 1.26. The second-order valence-corrected chi connectivity index (χ2v) is 15.8. The molecule has 8 rings (SSSR count). The van der Waals surface area contributed by atoms with E-state index in [4.69, 9.17) is 15.2 Å². The van der Waals surface area contributed by atoms with Gasteiger partial charge in [0, 0.05) is 53.0 Å². The van der Waals surface area contributed by atoms with Crippen molar-refractivity contribution in [3.63, 3.8) is 0 Å². The van der Waals surface area contributed by atoms with E-state index in [-0.39, 0.29) is 36.3 Å². The smallest absolute Gasteiger partial charge is 0.328 e. The summed E-state index contributed by atoms with van der Waals surface area (Å²) in [6, 6.07) is 27.0. The Kier molecular flexibility index (Phi) is 12.8. The van der Waals surface area contributed by atoms with E-state index in [0.717, 1.165) is 44.1 Å². The number of H-pyrrole nitrogens is 2. The Morgan fingerprint density at radius 2 is 1.18 bits per heavy atom. The number of rotatable bonds is 16. The van der Waals surface area contributed by atoms with E-state index in [9.17, 15) is 29.1 Å². The lowest BCUT2D eigenvalue weighted by Gasteiger charge is -2.16. The molecule has 0 fully saturated rings. The summed E-state index contributed by atoms with van der Waals surface area (Å²) in [5, 5.41) is 22.6. The van der Waals surface area contributed by atoms with Gasteiger partial charge in [0.15, 0.2) is 0 Å². The third-order valence-electron chi connectivity index (χ3n) is 11.3. The summed E-state index contributed by atoms with van der Waals surface area (Å²) in [5.41, 5.74) is 19.7. The first-order valence-electron chi connectivity index (χ1n) is 21.0. The number of hydrogen-bond acceptors (Lipinski definition) is 11. The molecule has 65 heavy (non-hydrogen) atoms. The van der Waals surface area contributed by atoms with Gasteiger partial charge in [-0.1, -0.05) is 60.7 Å². The van der Waals surface area contributed by atoms with Gasteiger partial charge >= 0.3 is 11.9 Å². The number of fused-ring (bicyclic) bond motifs is 2. The van der Waals surface area contributed by atoms with Crippen molar-refractivity contribution in [1.82, 2.24) is 26.1 Å². The minimum Gasteiger partial charge on any atom is -0.508 e. The number of carbonyl (C=O) groups excluding carboxylic acids is 5. The molecule has 2 unspecified atom stereocenters. The second kappa shape index (κ2) is 19.1. The summed E-state index contributed by atoms with van der Waals surface area (Å²) in [4.78, 5) is 70.8. The molecule has 0 radical (unpaired) electrons. The molecule has 0 saturated carbocycles. The van der Waals surface area contributed by atoms with Crippen molar-refractivity contribution in [2.45, 2.75) is 57.5 Å². The fourth-order valence-corrected chi connectivity index (χ4v) is 8.03. The van der Waals surface area contributed by atoms with E-state index in [2.05, 4.69) is 36.3 Å². The van der Waals surface area contributed by atoms with Crippen LogP contribution in [0.15, 0.2) is 118 Å². The molecular formula is C49H46N8O8. The number of nitrogens with one attached hydrogen (secondary N) is 5. The molecule has 16 nitrogen and oxygen atoms in total. The third-order valence-corrected chi connectivity index (χ3v) is 11.3. The van der Waals surface area contributed by atoms with Crippen molar-refractivity contribution < 1.29 is 38.6 Å². The van der Waals surface area contributed by atoms with Crippen LogP contribution in [0.1, 0.15) is 53.4 Å². The minimum absolute atomic E-state index is 0.119. The predicted octanol–water partition coefficient (Wildman–Crippen LogP) is 5.05. The average molecular weight is 875 g/mol. The van der Waals surface area contributed by atoms with Crippen LogP contribution in [0.3, 0.4) is 0 Å². The van der Waals surface area contributed by atoms with Crippen molar-refractivity contribution in [3.05, 3.63) is 142 Å². The zero-order valence-electron chi connectivity index (χ0n) is 35.6. The van der Waals surface area contributed by atoms with Gasteiger partial charge in [-0.15, -0.1) is 0 Å². The lowest BCUT2D eigenvalue weighted by Crippen LogP contribution is -2.42. The molecule has 2 aliphatic rings. The van der Waals surface area contributed by atoms with Crippen molar-refractivity contribution >= 4 is 75.0 Å². The van der Waals surface area contributed by atoms with Crippen LogP contribution in [0.25, 0.3) is 34.0 Å². The lowest BCUT2D eigenvalue weighted by molar-refractivity contribution is -0.144. The van der Waals surface area contributed by atoms with Gasteiger partial charge in [0.05, 0.1) is 29.7 Å². The molecule has 330 valence electrons. The Morgan fingerprint density at radius 3 is 1.69 bits per heavy atom. The number of nitrogens with zero attached hydrogens (tertiary/aromatic N) is 2. The number of phenols is 1. The third kappa shape index (κ3) is 9.92. The standard InChI is InChI=1S/C49H46N8O8/c1-27(58)51-45(49(63)64-2)24-35-33-8-4-6-10-40(33)53-44(35)26-37-42(55-57-47(37)61)22-16-29-13-19-31(20-14-29)65-48(62)38(50)23-34-32-7-3-5-9-39(32)52-43(34)25-36-41(54-56-46(36)60)21-15-28-11-17-30(59)18-12-28/h3-14,17-20,25-26,38,45,52-53,59H,15-16,21-24,50H2,1-2H3,(H,51,58)(H,56,60)(H,57,61). The molecule has 8 N–H and O–H groups in total. The number of amides is 3. The number of hydrazone groups is 2. The first-order chi connectivity index (χ1) is 31.4. The van der Waals surface area contributed by atoms with Crippen LogP contribution in [0.2, 0.25) is 0 Å². The fraction of sp³-hybridized carbons (Fsp3) is 0.204. The van der Waals surface area contributed by atoms with Gasteiger partial charge in [-0.3, -0.25) is 14.4 Å². The number of nitrogens with two attached hydrogens (primary N) is 1. The maximum Gasteiger partial charge on any atom is 0.328 e. The Hall–Kier alpha value is -8.11. The minimum atomic E-state index is -1.05. The number of aromatic hydroxyl groups is 1. The monoisotopic (exact) mass is 874 g/mol. The van der Waals surface area contributed by atoms with Gasteiger partial charge in [0.2, 0.25) is 5.91 Å². The van der Waals surface area contributed by atoms with Gasteiger partial charge in [-0.05, 0) is 96.5 Å². The molecule has 2 aliphatic heterocycles. The number of carbonyl (C=O) groups is 5. The molecule has 2 atom stereocenters. The van der Waals surface area contributed by atoms with E-state index >= 15 is 0 Å². The summed E-state index contributed by atoms with van der Waals surface area (Å²) < 4.78 is 10.7. The number of phenolic OH excluding ortho intramolecular Hbond substituents is 1. The Bertz CT molecular complexity index is 2960. The number of aromatic amines is 2. The number of aromatic nitrogens is 2. The molecule has 3 amide bonds. The van der Waals surface area contributed by atoms with E-state index in [0.29, 0.717) is 65.4 Å². The summed E-state index contributed by atoms with van der Waals surface area (Å²) in [5.74, 6) is -1.85. The van der Waals surface area contributed by atoms with Crippen molar-refractivity contribution in [2.24, 2.45) is 15.9 Å². The van der Waals surface area contributed by atoms with Crippen LogP contribution >= 0.6 is 0 Å². The van der Waals surface area contributed by atoms with Crippen LogP contribution in [-0.2, 0) is 54.4 Å². The summed E-state index contributed by atoms with van der Waals surface area (Å²) in [6.07, 6.45) is 5.68. The van der Waals surface area contributed by atoms with Gasteiger partial charge in [0.1, 0.15) is 23.6 Å². The largest absolute Gasteiger partial charge is 0.508 e. The van der Waals surface area contributed by atoms with E-state index < -0.39 is 24.0 Å². The number of ether oxygens (including phenoxy) is 2. The molecule has 4 aromatic carbocycles.